The summed E-state index contributed by atoms with van der Waals surface area (Å²) in [7, 11) is 0. The lowest BCUT2D eigenvalue weighted by atomic mass is 10.1. The molecule has 1 amide bonds. The number of thioether (sulfide) groups is 1. The van der Waals surface area contributed by atoms with Gasteiger partial charge in [0.05, 0.1) is 17.9 Å². The van der Waals surface area contributed by atoms with Crippen LogP contribution in [0.25, 0.3) is 0 Å². The highest BCUT2D eigenvalue weighted by Gasteiger charge is 2.21. The number of hydrogen-bond acceptors (Lipinski definition) is 9. The predicted octanol–water partition coefficient (Wildman–Crippen LogP) is 3.90. The number of pyridine rings is 1. The van der Waals surface area contributed by atoms with Crippen molar-refractivity contribution in [1.29, 1.82) is 0 Å². The highest BCUT2D eigenvalue weighted by atomic mass is 32.2. The lowest BCUT2D eigenvalue weighted by molar-refractivity contribution is -0.113. The molecule has 0 bridgehead atoms. The Morgan fingerprint density at radius 1 is 1.09 bits per heavy atom. The molecule has 2 aliphatic heterocycles. The Kier molecular flexibility index (Phi) is 6.68. The van der Waals surface area contributed by atoms with E-state index in [1.165, 1.54) is 18.3 Å². The van der Waals surface area contributed by atoms with Crippen LogP contribution in [0.5, 0.6) is 17.2 Å². The summed E-state index contributed by atoms with van der Waals surface area (Å²) in [6.45, 7) is 0.204. The van der Waals surface area contributed by atoms with Crippen LogP contribution in [0.2, 0.25) is 0 Å². The zero-order valence-electron chi connectivity index (χ0n) is 18.2. The van der Waals surface area contributed by atoms with Crippen LogP contribution in [-0.2, 0) is 27.5 Å². The SMILES string of the molecule is O=C(CSc1ncccc1C(=O)OCc1cc(F)cc2c1OCOC2)Nc1ccc2c(c1)OCO2. The predicted molar refractivity (Wildman–Crippen MR) is 122 cm³/mol. The normalized spacial score (nSPS) is 13.5. The molecule has 2 aromatic carbocycles. The van der Waals surface area contributed by atoms with Gasteiger partial charge in [-0.1, -0.05) is 11.8 Å². The van der Waals surface area contributed by atoms with Crippen LogP contribution in [0.4, 0.5) is 10.1 Å². The van der Waals surface area contributed by atoms with E-state index in [4.69, 9.17) is 23.7 Å². The second kappa shape index (κ2) is 10.2. The van der Waals surface area contributed by atoms with Gasteiger partial charge in [-0.25, -0.2) is 14.2 Å². The number of halogens is 1. The first-order chi connectivity index (χ1) is 17.1. The first-order valence-corrected chi connectivity index (χ1v) is 11.5. The number of benzene rings is 2. The number of anilines is 1. The molecule has 0 saturated carbocycles. The molecule has 0 radical (unpaired) electrons. The van der Waals surface area contributed by atoms with E-state index in [0.717, 1.165) is 11.8 Å². The number of nitrogens with one attached hydrogen (secondary N) is 1. The van der Waals surface area contributed by atoms with Crippen LogP contribution < -0.4 is 19.5 Å². The van der Waals surface area contributed by atoms with Gasteiger partial charge in [-0.2, -0.15) is 0 Å². The highest BCUT2D eigenvalue weighted by Crippen LogP contribution is 2.34. The number of aromatic nitrogens is 1. The fourth-order valence-corrected chi connectivity index (χ4v) is 4.33. The van der Waals surface area contributed by atoms with Crippen LogP contribution >= 0.6 is 11.8 Å². The third-order valence-corrected chi connectivity index (χ3v) is 6.10. The number of nitrogens with zero attached hydrogens (tertiary/aromatic N) is 1. The second-order valence-corrected chi connectivity index (χ2v) is 8.46. The van der Waals surface area contributed by atoms with E-state index in [2.05, 4.69) is 10.3 Å². The Morgan fingerprint density at radius 2 is 1.97 bits per heavy atom. The van der Waals surface area contributed by atoms with Gasteiger partial charge < -0.3 is 29.0 Å². The molecule has 1 N–H and O–H groups in total. The Bertz CT molecular complexity index is 1290. The molecule has 2 aliphatic rings. The number of rotatable bonds is 7. The van der Waals surface area contributed by atoms with Crippen LogP contribution in [-0.4, -0.2) is 36.2 Å². The summed E-state index contributed by atoms with van der Waals surface area (Å²) in [5.41, 5.74) is 1.71. The van der Waals surface area contributed by atoms with Crippen molar-refractivity contribution in [3.63, 3.8) is 0 Å². The molecule has 35 heavy (non-hydrogen) atoms. The first kappa shape index (κ1) is 22.9. The van der Waals surface area contributed by atoms with Gasteiger partial charge in [0.15, 0.2) is 18.3 Å². The number of carbonyl (C=O) groups is 2. The maximum atomic E-state index is 13.9. The topological polar surface area (TPSA) is 105 Å². The van der Waals surface area contributed by atoms with Gasteiger partial charge in [0.25, 0.3) is 0 Å². The number of esters is 1. The molecule has 180 valence electrons. The molecule has 5 rings (SSSR count). The van der Waals surface area contributed by atoms with Crippen LogP contribution in [0.3, 0.4) is 0 Å². The lowest BCUT2D eigenvalue weighted by Gasteiger charge is -2.20. The van der Waals surface area contributed by atoms with E-state index in [9.17, 15) is 14.0 Å². The average molecular weight is 498 g/mol. The maximum Gasteiger partial charge on any atom is 0.341 e. The van der Waals surface area contributed by atoms with Gasteiger partial charge in [0.2, 0.25) is 12.7 Å². The van der Waals surface area contributed by atoms with Crippen molar-refractivity contribution in [3.05, 3.63) is 71.2 Å². The minimum absolute atomic E-state index is 0.0109. The molecular weight excluding hydrogens is 479 g/mol. The highest BCUT2D eigenvalue weighted by molar-refractivity contribution is 8.00. The van der Waals surface area contributed by atoms with Crippen LogP contribution in [0.1, 0.15) is 21.5 Å². The van der Waals surface area contributed by atoms with Crippen molar-refractivity contribution < 1.29 is 37.7 Å². The van der Waals surface area contributed by atoms with E-state index in [0.29, 0.717) is 39.1 Å². The van der Waals surface area contributed by atoms with Crippen LogP contribution in [0.15, 0.2) is 53.7 Å². The molecule has 0 unspecified atom stereocenters. The molecule has 0 fully saturated rings. The maximum absolute atomic E-state index is 13.9. The molecule has 1 aromatic heterocycles. The fraction of sp³-hybridized carbons (Fsp3) is 0.208. The molecule has 0 saturated heterocycles. The zero-order chi connectivity index (χ0) is 24.2. The van der Waals surface area contributed by atoms with Crippen molar-refractivity contribution in [2.45, 2.75) is 18.2 Å². The van der Waals surface area contributed by atoms with Gasteiger partial charge >= 0.3 is 5.97 Å². The summed E-state index contributed by atoms with van der Waals surface area (Å²) in [6, 6.07) is 10.8. The Morgan fingerprint density at radius 3 is 2.89 bits per heavy atom. The summed E-state index contributed by atoms with van der Waals surface area (Å²) in [5, 5.41) is 3.11. The Hall–Kier alpha value is -3.83. The largest absolute Gasteiger partial charge is 0.467 e. The molecule has 0 aliphatic carbocycles. The minimum atomic E-state index is -0.651. The Balaban J connectivity index is 1.21. The Labute approximate surface area is 203 Å². The fourth-order valence-electron chi connectivity index (χ4n) is 3.55. The minimum Gasteiger partial charge on any atom is -0.467 e. The third-order valence-electron chi connectivity index (χ3n) is 5.10. The van der Waals surface area contributed by atoms with Crippen molar-refractivity contribution in [2.24, 2.45) is 0 Å². The number of fused-ring (bicyclic) bond motifs is 2. The van der Waals surface area contributed by atoms with E-state index >= 15 is 0 Å². The smallest absolute Gasteiger partial charge is 0.341 e. The number of carbonyl (C=O) groups excluding carboxylic acids is 2. The molecule has 11 heteroatoms. The second-order valence-electron chi connectivity index (χ2n) is 7.50. The monoisotopic (exact) mass is 498 g/mol. The number of amides is 1. The van der Waals surface area contributed by atoms with Gasteiger partial charge in [-0.15, -0.1) is 0 Å². The van der Waals surface area contributed by atoms with Gasteiger partial charge in [0, 0.05) is 29.1 Å². The number of ether oxygens (including phenoxy) is 5. The van der Waals surface area contributed by atoms with Crippen LogP contribution in [0, 0.1) is 5.82 Å². The third kappa shape index (κ3) is 5.31. The van der Waals surface area contributed by atoms with E-state index in [1.54, 1.807) is 30.3 Å². The quantitative estimate of drug-likeness (QED) is 0.383. The van der Waals surface area contributed by atoms with Gasteiger partial charge in [-0.3, -0.25) is 4.79 Å². The lowest BCUT2D eigenvalue weighted by Crippen LogP contribution is -2.16. The van der Waals surface area contributed by atoms with E-state index in [1.807, 2.05) is 0 Å². The molecule has 9 nitrogen and oxygen atoms in total. The summed E-state index contributed by atoms with van der Waals surface area (Å²) in [6.07, 6.45) is 1.52. The standard InChI is InChI=1S/C24H19FN2O7S/c25-16-6-14-9-30-12-34-22(14)15(7-16)10-31-24(29)18-2-1-5-26-23(18)35-11-21(28)27-17-3-4-19-20(8-17)33-13-32-19/h1-8H,9-13H2,(H,27,28). The van der Waals surface area contributed by atoms with Crippen molar-refractivity contribution in [1.82, 2.24) is 4.98 Å². The average Bonchev–Trinajstić information content (AvgIpc) is 3.34. The summed E-state index contributed by atoms with van der Waals surface area (Å²) < 4.78 is 40.6. The van der Waals surface area contributed by atoms with Gasteiger partial charge in [0.1, 0.15) is 23.2 Å². The van der Waals surface area contributed by atoms with Gasteiger partial charge in [-0.05, 0) is 36.4 Å². The molecular formula is C24H19FN2O7S. The summed E-state index contributed by atoms with van der Waals surface area (Å²) in [5.74, 6) is 0.222. The van der Waals surface area contributed by atoms with Crippen molar-refractivity contribution in [3.8, 4) is 17.2 Å². The molecule has 0 atom stereocenters. The molecule has 0 spiro atoms. The van der Waals surface area contributed by atoms with E-state index < -0.39 is 11.8 Å². The number of hydrogen-bond donors (Lipinski definition) is 1. The van der Waals surface area contributed by atoms with Crippen molar-refractivity contribution in [2.75, 3.05) is 24.7 Å². The molecule has 3 heterocycles. The molecule has 3 aromatic rings. The van der Waals surface area contributed by atoms with Crippen molar-refractivity contribution >= 4 is 29.3 Å². The van der Waals surface area contributed by atoms with E-state index in [-0.39, 0.29) is 44.0 Å². The summed E-state index contributed by atoms with van der Waals surface area (Å²) >= 11 is 1.09. The first-order valence-electron chi connectivity index (χ1n) is 10.5. The summed E-state index contributed by atoms with van der Waals surface area (Å²) in [4.78, 5) is 29.4. The zero-order valence-corrected chi connectivity index (χ0v) is 19.1.